The lowest BCUT2D eigenvalue weighted by Gasteiger charge is -1.98. The molecule has 0 aliphatic heterocycles. The fourth-order valence-electron chi connectivity index (χ4n) is 1.03. The van der Waals surface area contributed by atoms with Crippen LogP contribution in [-0.4, -0.2) is 11.2 Å². The average molecular weight is 178 g/mol. The van der Waals surface area contributed by atoms with Crippen molar-refractivity contribution in [1.29, 1.82) is 0 Å². The molecule has 5 heteroatoms. The third kappa shape index (κ3) is 1.44. The van der Waals surface area contributed by atoms with Crippen LogP contribution in [0.15, 0.2) is 28.9 Å². The maximum absolute atomic E-state index is 10.4. The Labute approximate surface area is 73.1 Å². The average Bonchev–Trinajstić information content (AvgIpc) is 2.49. The third-order valence-electron chi connectivity index (χ3n) is 1.54. The first-order valence-corrected chi connectivity index (χ1v) is 3.57. The molecular weight excluding hydrogens is 172 g/mol. The number of aromatic nitrogens is 1. The van der Waals surface area contributed by atoms with Gasteiger partial charge in [0.2, 0.25) is 0 Å². The zero-order valence-corrected chi connectivity index (χ0v) is 6.56. The minimum absolute atomic E-state index is 0.378. The Morgan fingerprint density at radius 1 is 1.54 bits per heavy atom. The minimum Gasteiger partial charge on any atom is -0.410 e. The summed E-state index contributed by atoms with van der Waals surface area (Å²) in [6, 6.07) is 4.86. The molecule has 1 aromatic carbocycles. The maximum Gasteiger partial charge on any atom is 0.409 e. The van der Waals surface area contributed by atoms with E-state index in [1.54, 1.807) is 18.2 Å². The zero-order chi connectivity index (χ0) is 9.26. The van der Waals surface area contributed by atoms with Gasteiger partial charge < -0.3 is 15.0 Å². The van der Waals surface area contributed by atoms with Crippen LogP contribution in [0.2, 0.25) is 0 Å². The van der Waals surface area contributed by atoms with Crippen LogP contribution in [0.5, 0.6) is 5.75 Å². The van der Waals surface area contributed by atoms with Gasteiger partial charge in [-0.2, -0.15) is 0 Å². The highest BCUT2D eigenvalue weighted by molar-refractivity contribution is 5.78. The Morgan fingerprint density at radius 3 is 3.15 bits per heavy atom. The number of carbonyl (C=O) groups is 1. The van der Waals surface area contributed by atoms with Gasteiger partial charge in [0.15, 0.2) is 5.58 Å². The van der Waals surface area contributed by atoms with E-state index in [-0.39, 0.29) is 0 Å². The molecule has 1 amide bonds. The predicted octanol–water partition coefficient (Wildman–Crippen LogP) is 1.29. The summed E-state index contributed by atoms with van der Waals surface area (Å²) in [6.45, 7) is 0. The van der Waals surface area contributed by atoms with E-state index < -0.39 is 6.09 Å². The van der Waals surface area contributed by atoms with Gasteiger partial charge in [0, 0.05) is 5.39 Å². The number of ether oxygens (including phenoxy) is 1. The molecule has 1 heterocycles. The minimum atomic E-state index is -0.837. The third-order valence-corrected chi connectivity index (χ3v) is 1.54. The van der Waals surface area contributed by atoms with Gasteiger partial charge in [0.25, 0.3) is 0 Å². The van der Waals surface area contributed by atoms with Crippen LogP contribution in [-0.2, 0) is 0 Å². The Bertz CT molecular complexity index is 449. The molecule has 2 N–H and O–H groups in total. The number of nitrogens with zero attached hydrogens (tertiary/aromatic N) is 1. The Hall–Kier alpha value is -2.04. The molecule has 0 atom stereocenters. The summed E-state index contributed by atoms with van der Waals surface area (Å²) in [5, 5.41) is 4.34. The lowest BCUT2D eigenvalue weighted by Crippen LogP contribution is -2.16. The van der Waals surface area contributed by atoms with Crippen molar-refractivity contribution in [3.05, 3.63) is 24.4 Å². The van der Waals surface area contributed by atoms with Crippen LogP contribution in [0, 0.1) is 0 Å². The monoisotopic (exact) mass is 178 g/mol. The zero-order valence-electron chi connectivity index (χ0n) is 6.56. The van der Waals surface area contributed by atoms with Gasteiger partial charge in [-0.3, -0.25) is 0 Å². The largest absolute Gasteiger partial charge is 0.410 e. The molecule has 1 aromatic heterocycles. The van der Waals surface area contributed by atoms with Gasteiger partial charge in [-0.05, 0) is 18.2 Å². The normalized spacial score (nSPS) is 10.2. The number of fused-ring (bicyclic) bond motifs is 1. The fraction of sp³-hybridized carbons (Fsp3) is 0. The van der Waals surface area contributed by atoms with Crippen LogP contribution in [0.25, 0.3) is 11.0 Å². The van der Waals surface area contributed by atoms with Gasteiger partial charge in [0.05, 0.1) is 6.20 Å². The summed E-state index contributed by atoms with van der Waals surface area (Å²) in [7, 11) is 0. The number of rotatable bonds is 1. The van der Waals surface area contributed by atoms with E-state index in [2.05, 4.69) is 9.89 Å². The first kappa shape index (κ1) is 7.60. The van der Waals surface area contributed by atoms with Gasteiger partial charge in [0.1, 0.15) is 5.75 Å². The second-order valence-corrected chi connectivity index (χ2v) is 2.45. The summed E-state index contributed by atoms with van der Waals surface area (Å²) in [4.78, 5) is 10.4. The van der Waals surface area contributed by atoms with E-state index in [0.29, 0.717) is 11.3 Å². The molecule has 2 aromatic rings. The maximum atomic E-state index is 10.4. The van der Waals surface area contributed by atoms with Crippen molar-refractivity contribution in [2.75, 3.05) is 0 Å². The van der Waals surface area contributed by atoms with Crippen molar-refractivity contribution in [1.82, 2.24) is 5.16 Å². The number of primary amides is 1. The van der Waals surface area contributed by atoms with Crippen LogP contribution in [0.4, 0.5) is 4.79 Å². The Balaban J connectivity index is 2.42. The first-order valence-electron chi connectivity index (χ1n) is 3.57. The summed E-state index contributed by atoms with van der Waals surface area (Å²) in [6.07, 6.45) is 0.694. The number of hydrogen-bond donors (Lipinski definition) is 1. The van der Waals surface area contributed by atoms with Crippen LogP contribution >= 0.6 is 0 Å². The number of nitrogens with two attached hydrogens (primary N) is 1. The van der Waals surface area contributed by atoms with Gasteiger partial charge >= 0.3 is 6.09 Å². The standard InChI is InChI=1S/C8H6N2O3/c9-8(11)12-6-1-2-7-5(3-6)4-10-13-7/h1-4H,(H2,9,11). The molecule has 0 unspecified atom stereocenters. The highest BCUT2D eigenvalue weighted by atomic mass is 16.5. The number of carbonyl (C=O) groups excluding carboxylic acids is 1. The van der Waals surface area contributed by atoms with Crippen molar-refractivity contribution in [2.45, 2.75) is 0 Å². The summed E-state index contributed by atoms with van der Waals surface area (Å²) in [5.74, 6) is 0.378. The molecule has 0 spiro atoms. The lowest BCUT2D eigenvalue weighted by atomic mass is 10.2. The highest BCUT2D eigenvalue weighted by Crippen LogP contribution is 2.19. The Morgan fingerprint density at radius 2 is 2.38 bits per heavy atom. The lowest BCUT2D eigenvalue weighted by molar-refractivity contribution is 0.211. The smallest absolute Gasteiger partial charge is 0.409 e. The number of hydrogen-bond acceptors (Lipinski definition) is 4. The quantitative estimate of drug-likeness (QED) is 0.713. The Kier molecular flexibility index (Phi) is 1.63. The molecule has 0 aliphatic rings. The molecule has 0 saturated heterocycles. The van der Waals surface area contributed by atoms with Crippen LogP contribution in [0.3, 0.4) is 0 Å². The molecule has 0 radical (unpaired) electrons. The van der Waals surface area contributed by atoms with E-state index in [1.807, 2.05) is 0 Å². The van der Waals surface area contributed by atoms with Crippen molar-refractivity contribution in [3.63, 3.8) is 0 Å². The van der Waals surface area contributed by atoms with Gasteiger partial charge in [-0.25, -0.2) is 4.79 Å². The van der Waals surface area contributed by atoms with Crippen LogP contribution < -0.4 is 10.5 Å². The molecule has 0 saturated carbocycles. The van der Waals surface area contributed by atoms with E-state index in [1.165, 1.54) is 6.20 Å². The molecule has 2 rings (SSSR count). The molecular formula is C8H6N2O3. The molecule has 13 heavy (non-hydrogen) atoms. The SMILES string of the molecule is NC(=O)Oc1ccc2oncc2c1. The second-order valence-electron chi connectivity index (χ2n) is 2.45. The van der Waals surface area contributed by atoms with E-state index in [4.69, 9.17) is 10.3 Å². The highest BCUT2D eigenvalue weighted by Gasteiger charge is 2.02. The molecule has 5 nitrogen and oxygen atoms in total. The van der Waals surface area contributed by atoms with Crippen molar-refractivity contribution < 1.29 is 14.1 Å². The van der Waals surface area contributed by atoms with Gasteiger partial charge in [-0.1, -0.05) is 5.16 Å². The van der Waals surface area contributed by atoms with E-state index >= 15 is 0 Å². The summed E-state index contributed by atoms with van der Waals surface area (Å²) >= 11 is 0. The number of benzene rings is 1. The van der Waals surface area contributed by atoms with Crippen LogP contribution in [0.1, 0.15) is 0 Å². The second kappa shape index (κ2) is 2.78. The fourth-order valence-corrected chi connectivity index (χ4v) is 1.03. The molecule has 0 bridgehead atoms. The topological polar surface area (TPSA) is 78.4 Å². The first-order chi connectivity index (χ1) is 6.25. The molecule has 0 fully saturated rings. The molecule has 66 valence electrons. The summed E-state index contributed by atoms with van der Waals surface area (Å²) in [5.41, 5.74) is 5.48. The van der Waals surface area contributed by atoms with Gasteiger partial charge in [-0.15, -0.1) is 0 Å². The van der Waals surface area contributed by atoms with Crippen molar-refractivity contribution in [3.8, 4) is 5.75 Å². The van der Waals surface area contributed by atoms with E-state index in [9.17, 15) is 4.79 Å². The van der Waals surface area contributed by atoms with E-state index in [0.717, 1.165) is 5.39 Å². The summed E-state index contributed by atoms with van der Waals surface area (Å²) < 4.78 is 9.52. The predicted molar refractivity (Wildman–Crippen MR) is 44.2 cm³/mol. The van der Waals surface area contributed by atoms with Crippen molar-refractivity contribution in [2.24, 2.45) is 5.73 Å². The number of amides is 1. The van der Waals surface area contributed by atoms with Crippen molar-refractivity contribution >= 4 is 17.1 Å². The molecule has 0 aliphatic carbocycles.